The predicted molar refractivity (Wildman–Crippen MR) is 93.4 cm³/mol. The number of alkyl halides is 2. The van der Waals surface area contributed by atoms with Gasteiger partial charge in [-0.3, -0.25) is 0 Å². The molecule has 0 spiro atoms. The van der Waals surface area contributed by atoms with Crippen molar-refractivity contribution < 1.29 is 21.9 Å². The van der Waals surface area contributed by atoms with Crippen LogP contribution in [-0.2, 0) is 9.84 Å². The molecule has 1 aliphatic rings. The molecule has 9 heteroatoms. The SMILES string of the molecule is CCCN(C(=S)Nc1ccc(OC(F)F)cc1)[C@@H]1CCS(=O)(=O)C1. The number of rotatable bonds is 6. The molecule has 1 heterocycles. The first-order valence-corrected chi connectivity index (χ1v) is 9.86. The summed E-state index contributed by atoms with van der Waals surface area (Å²) in [7, 11) is -3.00. The van der Waals surface area contributed by atoms with Crippen molar-refractivity contribution in [2.24, 2.45) is 0 Å². The van der Waals surface area contributed by atoms with Gasteiger partial charge in [-0.05, 0) is 49.3 Å². The van der Waals surface area contributed by atoms with Gasteiger partial charge in [0.15, 0.2) is 14.9 Å². The number of sulfone groups is 1. The first kappa shape index (κ1) is 18.9. The molecule has 0 amide bonds. The smallest absolute Gasteiger partial charge is 0.387 e. The molecule has 1 fully saturated rings. The minimum atomic E-state index is -3.00. The average Bonchev–Trinajstić information content (AvgIpc) is 2.86. The Morgan fingerprint density at radius 2 is 2.08 bits per heavy atom. The second kappa shape index (κ2) is 8.06. The van der Waals surface area contributed by atoms with Gasteiger partial charge in [0, 0.05) is 18.3 Å². The summed E-state index contributed by atoms with van der Waals surface area (Å²) in [6.45, 7) is -0.219. The van der Waals surface area contributed by atoms with E-state index in [1.807, 2.05) is 11.8 Å². The quantitative estimate of drug-likeness (QED) is 0.768. The molecule has 0 unspecified atom stereocenters. The molecule has 1 N–H and O–H groups in total. The van der Waals surface area contributed by atoms with Crippen molar-refractivity contribution in [3.8, 4) is 5.75 Å². The number of halogens is 2. The van der Waals surface area contributed by atoms with Crippen LogP contribution < -0.4 is 10.1 Å². The van der Waals surface area contributed by atoms with Crippen LogP contribution in [0.25, 0.3) is 0 Å². The van der Waals surface area contributed by atoms with E-state index in [2.05, 4.69) is 10.1 Å². The molecular formula is C15H20F2N2O3S2. The average molecular weight is 378 g/mol. The Bertz CT molecular complexity index is 666. The van der Waals surface area contributed by atoms with Gasteiger partial charge >= 0.3 is 6.61 Å². The molecule has 1 aliphatic heterocycles. The third kappa shape index (κ3) is 5.27. The van der Waals surface area contributed by atoms with Crippen LogP contribution in [0.5, 0.6) is 5.75 Å². The maximum absolute atomic E-state index is 12.1. The minimum absolute atomic E-state index is 0.0637. The largest absolute Gasteiger partial charge is 0.435 e. The van der Waals surface area contributed by atoms with Crippen molar-refractivity contribution in [1.29, 1.82) is 0 Å². The number of benzene rings is 1. The summed E-state index contributed by atoms with van der Waals surface area (Å²) >= 11 is 5.41. The van der Waals surface area contributed by atoms with Gasteiger partial charge in [0.1, 0.15) is 5.75 Å². The van der Waals surface area contributed by atoms with Crippen molar-refractivity contribution in [3.05, 3.63) is 24.3 Å². The monoisotopic (exact) mass is 378 g/mol. The van der Waals surface area contributed by atoms with Crippen molar-refractivity contribution >= 4 is 32.9 Å². The topological polar surface area (TPSA) is 58.6 Å². The van der Waals surface area contributed by atoms with E-state index in [-0.39, 0.29) is 23.3 Å². The summed E-state index contributed by atoms with van der Waals surface area (Å²) in [6, 6.07) is 5.87. The van der Waals surface area contributed by atoms with E-state index in [4.69, 9.17) is 12.2 Å². The molecule has 0 bridgehead atoms. The zero-order chi connectivity index (χ0) is 17.7. The Balaban J connectivity index is 2.02. The van der Waals surface area contributed by atoms with E-state index < -0.39 is 16.4 Å². The van der Waals surface area contributed by atoms with Crippen molar-refractivity contribution in [2.75, 3.05) is 23.4 Å². The first-order chi connectivity index (χ1) is 11.3. The third-order valence-electron chi connectivity index (χ3n) is 3.71. The number of nitrogens with one attached hydrogen (secondary N) is 1. The number of hydrogen-bond acceptors (Lipinski definition) is 4. The molecule has 0 aromatic heterocycles. The number of ether oxygens (including phenoxy) is 1. The summed E-state index contributed by atoms with van der Waals surface area (Å²) in [4.78, 5) is 1.89. The highest BCUT2D eigenvalue weighted by atomic mass is 32.2. The van der Waals surface area contributed by atoms with Crippen LogP contribution in [0.1, 0.15) is 19.8 Å². The lowest BCUT2D eigenvalue weighted by atomic mass is 10.2. The summed E-state index contributed by atoms with van der Waals surface area (Å²) < 4.78 is 52.0. The second-order valence-electron chi connectivity index (χ2n) is 5.58. The molecule has 0 aliphatic carbocycles. The molecular weight excluding hydrogens is 358 g/mol. The van der Waals surface area contributed by atoms with Crippen molar-refractivity contribution in [3.63, 3.8) is 0 Å². The van der Waals surface area contributed by atoms with Crippen LogP contribution in [0, 0.1) is 0 Å². The fourth-order valence-corrected chi connectivity index (χ4v) is 4.72. The molecule has 1 aromatic carbocycles. The zero-order valence-corrected chi connectivity index (χ0v) is 14.9. The van der Waals surface area contributed by atoms with E-state index in [9.17, 15) is 17.2 Å². The molecule has 0 radical (unpaired) electrons. The first-order valence-electron chi connectivity index (χ1n) is 7.63. The Labute approximate surface area is 145 Å². The fourth-order valence-electron chi connectivity index (χ4n) is 2.63. The van der Waals surface area contributed by atoms with Crippen LogP contribution >= 0.6 is 12.2 Å². The number of hydrogen-bond donors (Lipinski definition) is 1. The van der Waals surface area contributed by atoms with E-state index in [1.165, 1.54) is 12.1 Å². The lowest BCUT2D eigenvalue weighted by molar-refractivity contribution is -0.0498. The summed E-state index contributed by atoms with van der Waals surface area (Å²) in [5, 5.41) is 3.46. The Hall–Kier alpha value is -1.48. The highest BCUT2D eigenvalue weighted by molar-refractivity contribution is 7.91. The summed E-state index contributed by atoms with van der Waals surface area (Å²) in [5.41, 5.74) is 0.628. The predicted octanol–water partition coefficient (Wildman–Crippen LogP) is 2.88. The lowest BCUT2D eigenvalue weighted by Crippen LogP contribution is -2.43. The van der Waals surface area contributed by atoms with Crippen LogP contribution in [0.15, 0.2) is 24.3 Å². The third-order valence-corrected chi connectivity index (χ3v) is 5.79. The van der Waals surface area contributed by atoms with Gasteiger partial charge in [0.2, 0.25) is 0 Å². The van der Waals surface area contributed by atoms with Gasteiger partial charge in [-0.1, -0.05) is 6.92 Å². The van der Waals surface area contributed by atoms with Crippen molar-refractivity contribution in [2.45, 2.75) is 32.4 Å². The van der Waals surface area contributed by atoms with Gasteiger partial charge in [-0.2, -0.15) is 8.78 Å². The zero-order valence-electron chi connectivity index (χ0n) is 13.2. The molecule has 2 rings (SSSR count). The van der Waals surface area contributed by atoms with E-state index >= 15 is 0 Å². The second-order valence-corrected chi connectivity index (χ2v) is 8.20. The molecule has 1 atom stereocenters. The minimum Gasteiger partial charge on any atom is -0.435 e. The van der Waals surface area contributed by atoms with E-state index in [0.29, 0.717) is 23.8 Å². The van der Waals surface area contributed by atoms with E-state index in [0.717, 1.165) is 6.42 Å². The Kier molecular flexibility index (Phi) is 6.34. The lowest BCUT2D eigenvalue weighted by Gasteiger charge is -2.30. The number of nitrogens with zero attached hydrogens (tertiary/aromatic N) is 1. The number of anilines is 1. The van der Waals surface area contributed by atoms with Crippen LogP contribution in [0.2, 0.25) is 0 Å². The molecule has 1 saturated heterocycles. The normalized spacial score (nSPS) is 19.2. The Morgan fingerprint density at radius 3 is 2.58 bits per heavy atom. The van der Waals surface area contributed by atoms with Gasteiger partial charge in [0.25, 0.3) is 0 Å². The van der Waals surface area contributed by atoms with Gasteiger partial charge in [-0.15, -0.1) is 0 Å². The highest BCUT2D eigenvalue weighted by Crippen LogP contribution is 2.21. The van der Waals surface area contributed by atoms with Crippen LogP contribution in [-0.4, -0.2) is 49.1 Å². The maximum Gasteiger partial charge on any atom is 0.387 e. The van der Waals surface area contributed by atoms with Crippen LogP contribution in [0.4, 0.5) is 14.5 Å². The standard InChI is InChI=1S/C15H20F2N2O3S2/c1-2-8-19(12-7-9-24(20,21)10-12)15(23)18-11-3-5-13(6-4-11)22-14(16)17/h3-6,12,14H,2,7-10H2,1H3,(H,18,23)/t12-/m1/s1. The maximum atomic E-state index is 12.1. The molecule has 134 valence electrons. The van der Waals surface area contributed by atoms with E-state index in [1.54, 1.807) is 12.1 Å². The molecule has 5 nitrogen and oxygen atoms in total. The van der Waals surface area contributed by atoms with Crippen LogP contribution in [0.3, 0.4) is 0 Å². The van der Waals surface area contributed by atoms with Gasteiger partial charge < -0.3 is 15.0 Å². The molecule has 24 heavy (non-hydrogen) atoms. The van der Waals surface area contributed by atoms with Crippen molar-refractivity contribution in [1.82, 2.24) is 4.90 Å². The fraction of sp³-hybridized carbons (Fsp3) is 0.533. The summed E-state index contributed by atoms with van der Waals surface area (Å²) in [6.07, 6.45) is 1.39. The highest BCUT2D eigenvalue weighted by Gasteiger charge is 2.33. The van der Waals surface area contributed by atoms with Gasteiger partial charge in [0.05, 0.1) is 11.5 Å². The summed E-state index contributed by atoms with van der Waals surface area (Å²) in [5.74, 6) is 0.352. The molecule has 0 saturated carbocycles. The number of thiocarbonyl (C=S) groups is 1. The van der Waals surface area contributed by atoms with Gasteiger partial charge in [-0.25, -0.2) is 8.42 Å². The Morgan fingerprint density at radius 1 is 1.42 bits per heavy atom. The molecule has 1 aromatic rings.